The van der Waals surface area contributed by atoms with Crippen LogP contribution in [0.4, 0.5) is 4.39 Å². The van der Waals surface area contributed by atoms with Gasteiger partial charge in [0.25, 0.3) is 0 Å². The van der Waals surface area contributed by atoms with Crippen LogP contribution in [0.3, 0.4) is 0 Å². The molecule has 1 rings (SSSR count). The zero-order valence-electron chi connectivity index (χ0n) is 11.4. The van der Waals surface area contributed by atoms with Crippen molar-refractivity contribution in [1.82, 2.24) is 10.6 Å². The second-order valence-electron chi connectivity index (χ2n) is 4.12. The molecule has 0 radical (unpaired) electrons. The topological polar surface area (TPSA) is 50.4 Å². The predicted octanol–water partition coefficient (Wildman–Crippen LogP) is 2.31. The Morgan fingerprint density at radius 1 is 1.50 bits per heavy atom. The largest absolute Gasteiger partial charge is 0.383 e. The Morgan fingerprint density at radius 2 is 2.20 bits per heavy atom. The van der Waals surface area contributed by atoms with Gasteiger partial charge in [-0.1, -0.05) is 17.7 Å². The van der Waals surface area contributed by atoms with E-state index in [1.807, 2.05) is 0 Å². The number of rotatable bonds is 7. The van der Waals surface area contributed by atoms with E-state index >= 15 is 0 Å². The molecule has 0 saturated carbocycles. The Labute approximate surface area is 129 Å². The second-order valence-corrected chi connectivity index (χ2v) is 4.53. The summed E-state index contributed by atoms with van der Waals surface area (Å²) in [7, 11) is 1.60. The zero-order valence-corrected chi connectivity index (χ0v) is 13.0. The first kappa shape index (κ1) is 19.1. The van der Waals surface area contributed by atoms with Crippen LogP contribution in [-0.2, 0) is 9.53 Å². The Balaban J connectivity index is 0.00000361. The third-order valence-electron chi connectivity index (χ3n) is 2.58. The van der Waals surface area contributed by atoms with Crippen LogP contribution >= 0.6 is 24.0 Å². The highest BCUT2D eigenvalue weighted by Crippen LogP contribution is 2.23. The maximum Gasteiger partial charge on any atom is 0.234 e. The van der Waals surface area contributed by atoms with Crippen LogP contribution in [0, 0.1) is 5.82 Å². The van der Waals surface area contributed by atoms with Gasteiger partial charge in [0.2, 0.25) is 5.91 Å². The van der Waals surface area contributed by atoms with Gasteiger partial charge < -0.3 is 15.4 Å². The molecular weight excluding hydrogens is 306 g/mol. The van der Waals surface area contributed by atoms with Gasteiger partial charge in [-0.25, -0.2) is 4.39 Å². The summed E-state index contributed by atoms with van der Waals surface area (Å²) in [6.07, 6.45) is 0. The summed E-state index contributed by atoms with van der Waals surface area (Å²) in [5.41, 5.74) is 0.688. The molecule has 0 saturated heterocycles. The van der Waals surface area contributed by atoms with Crippen LogP contribution in [0.1, 0.15) is 18.5 Å². The Bertz CT molecular complexity index is 433. The molecule has 0 bridgehead atoms. The highest BCUT2D eigenvalue weighted by Gasteiger charge is 2.12. The lowest BCUT2D eigenvalue weighted by Crippen LogP contribution is -2.36. The molecule has 114 valence electrons. The number of halogens is 3. The first-order valence-corrected chi connectivity index (χ1v) is 6.36. The average Bonchev–Trinajstić information content (AvgIpc) is 2.34. The molecule has 1 unspecified atom stereocenters. The fourth-order valence-electron chi connectivity index (χ4n) is 1.60. The number of methoxy groups -OCH3 is 1. The molecule has 4 nitrogen and oxygen atoms in total. The first-order chi connectivity index (χ1) is 9.04. The van der Waals surface area contributed by atoms with Crippen molar-refractivity contribution in [2.75, 3.05) is 26.8 Å². The van der Waals surface area contributed by atoms with Gasteiger partial charge in [-0.3, -0.25) is 4.79 Å². The summed E-state index contributed by atoms with van der Waals surface area (Å²) < 4.78 is 17.8. The molecule has 1 amide bonds. The van der Waals surface area contributed by atoms with E-state index in [1.165, 1.54) is 12.1 Å². The number of hydrogen-bond donors (Lipinski definition) is 2. The van der Waals surface area contributed by atoms with E-state index in [2.05, 4.69) is 10.6 Å². The van der Waals surface area contributed by atoms with Gasteiger partial charge in [-0.2, -0.15) is 0 Å². The van der Waals surface area contributed by atoms with Gasteiger partial charge >= 0.3 is 0 Å². The number of nitrogens with one attached hydrogen (secondary N) is 2. The highest BCUT2D eigenvalue weighted by molar-refractivity contribution is 6.31. The summed E-state index contributed by atoms with van der Waals surface area (Å²) in [5, 5.41) is 6.03. The maximum atomic E-state index is 12.9. The van der Waals surface area contributed by atoms with Gasteiger partial charge in [-0.15, -0.1) is 12.4 Å². The Morgan fingerprint density at radius 3 is 2.80 bits per heavy atom. The molecule has 1 atom stereocenters. The predicted molar refractivity (Wildman–Crippen MR) is 80.0 cm³/mol. The van der Waals surface area contributed by atoms with Gasteiger partial charge in [0.1, 0.15) is 5.82 Å². The van der Waals surface area contributed by atoms with Crippen LogP contribution in [0.25, 0.3) is 0 Å². The third-order valence-corrected chi connectivity index (χ3v) is 2.90. The van der Waals surface area contributed by atoms with Crippen molar-refractivity contribution in [3.63, 3.8) is 0 Å². The van der Waals surface area contributed by atoms with Crippen molar-refractivity contribution >= 4 is 29.9 Å². The first-order valence-electron chi connectivity index (χ1n) is 5.98. The summed E-state index contributed by atoms with van der Waals surface area (Å²) in [4.78, 5) is 11.6. The van der Waals surface area contributed by atoms with E-state index in [1.54, 1.807) is 20.1 Å². The smallest absolute Gasteiger partial charge is 0.234 e. The van der Waals surface area contributed by atoms with E-state index in [0.29, 0.717) is 23.7 Å². The normalized spacial score (nSPS) is 11.6. The van der Waals surface area contributed by atoms with Crippen LogP contribution in [0.15, 0.2) is 18.2 Å². The molecule has 7 heteroatoms. The van der Waals surface area contributed by atoms with Crippen molar-refractivity contribution in [1.29, 1.82) is 0 Å². The highest BCUT2D eigenvalue weighted by atomic mass is 35.5. The summed E-state index contributed by atoms with van der Waals surface area (Å²) >= 11 is 5.93. The zero-order chi connectivity index (χ0) is 14.3. The SMILES string of the molecule is COCCNCC(=O)NC(C)c1ccc(F)cc1Cl.Cl. The third kappa shape index (κ3) is 6.52. The van der Waals surface area contributed by atoms with Crippen LogP contribution in [0.2, 0.25) is 5.02 Å². The number of carbonyl (C=O) groups excluding carboxylic acids is 1. The van der Waals surface area contributed by atoms with E-state index in [9.17, 15) is 9.18 Å². The number of hydrogen-bond acceptors (Lipinski definition) is 3. The van der Waals surface area contributed by atoms with Crippen molar-refractivity contribution in [2.24, 2.45) is 0 Å². The summed E-state index contributed by atoms with van der Waals surface area (Å²) in [6.45, 7) is 3.15. The molecule has 2 N–H and O–H groups in total. The minimum atomic E-state index is -0.395. The Kier molecular flexibility index (Phi) is 9.50. The van der Waals surface area contributed by atoms with Crippen LogP contribution in [-0.4, -0.2) is 32.7 Å². The van der Waals surface area contributed by atoms with E-state index in [-0.39, 0.29) is 30.9 Å². The molecule has 0 heterocycles. The number of carbonyl (C=O) groups is 1. The lowest BCUT2D eigenvalue weighted by molar-refractivity contribution is -0.120. The molecule has 0 spiro atoms. The van der Waals surface area contributed by atoms with Crippen LogP contribution < -0.4 is 10.6 Å². The van der Waals surface area contributed by atoms with Crippen molar-refractivity contribution < 1.29 is 13.9 Å². The fraction of sp³-hybridized carbons (Fsp3) is 0.462. The lowest BCUT2D eigenvalue weighted by atomic mass is 10.1. The minimum absolute atomic E-state index is 0. The minimum Gasteiger partial charge on any atom is -0.383 e. The number of ether oxygens (including phenoxy) is 1. The van der Waals surface area contributed by atoms with E-state index in [4.69, 9.17) is 16.3 Å². The quantitative estimate of drug-likeness (QED) is 0.757. The molecule has 0 aliphatic rings. The summed E-state index contributed by atoms with van der Waals surface area (Å²) in [6, 6.07) is 3.85. The number of amides is 1. The standard InChI is InChI=1S/C13H18ClFN2O2.ClH/c1-9(11-4-3-10(15)7-12(11)14)17-13(18)8-16-5-6-19-2;/h3-4,7,9,16H,5-6,8H2,1-2H3,(H,17,18);1H. The maximum absolute atomic E-state index is 12.9. The van der Waals surface area contributed by atoms with Crippen LogP contribution in [0.5, 0.6) is 0 Å². The lowest BCUT2D eigenvalue weighted by Gasteiger charge is -2.16. The van der Waals surface area contributed by atoms with Gasteiger partial charge in [0.15, 0.2) is 0 Å². The molecular formula is C13H19Cl2FN2O2. The summed E-state index contributed by atoms with van der Waals surface area (Å²) in [5.74, 6) is -0.544. The molecule has 0 aliphatic carbocycles. The average molecular weight is 325 g/mol. The van der Waals surface area contributed by atoms with E-state index in [0.717, 1.165) is 0 Å². The number of benzene rings is 1. The second kappa shape index (κ2) is 9.94. The van der Waals surface area contributed by atoms with E-state index < -0.39 is 5.82 Å². The van der Waals surface area contributed by atoms with Crippen molar-refractivity contribution in [2.45, 2.75) is 13.0 Å². The van der Waals surface area contributed by atoms with Gasteiger partial charge in [-0.05, 0) is 24.6 Å². The Hall–Kier alpha value is -0.880. The molecule has 20 heavy (non-hydrogen) atoms. The molecule has 0 aliphatic heterocycles. The molecule has 0 aromatic heterocycles. The molecule has 1 aromatic carbocycles. The van der Waals surface area contributed by atoms with Gasteiger partial charge in [0.05, 0.1) is 19.2 Å². The van der Waals surface area contributed by atoms with Crippen molar-refractivity contribution in [3.05, 3.63) is 34.6 Å². The van der Waals surface area contributed by atoms with Crippen molar-refractivity contribution in [3.8, 4) is 0 Å². The fourth-order valence-corrected chi connectivity index (χ4v) is 1.93. The van der Waals surface area contributed by atoms with Gasteiger partial charge in [0, 0.05) is 18.7 Å². The monoisotopic (exact) mass is 324 g/mol. The molecule has 0 fully saturated rings. The molecule has 1 aromatic rings.